The zero-order valence-corrected chi connectivity index (χ0v) is 16.6. The zero-order valence-electron chi connectivity index (χ0n) is 15.8. The monoisotopic (exact) mass is 393 g/mol. The highest BCUT2D eigenvalue weighted by atomic mass is 32.1. The minimum Gasteiger partial charge on any atom is -0.351 e. The van der Waals surface area contributed by atoms with Gasteiger partial charge in [-0.15, -0.1) is 11.3 Å². The summed E-state index contributed by atoms with van der Waals surface area (Å²) in [5, 5.41) is 7.60. The molecule has 0 saturated carbocycles. The van der Waals surface area contributed by atoms with Gasteiger partial charge in [0.15, 0.2) is 0 Å². The average molecular weight is 394 g/mol. The van der Waals surface area contributed by atoms with Crippen molar-refractivity contribution in [3.63, 3.8) is 0 Å². The average Bonchev–Trinajstić information content (AvgIpc) is 3.20. The second kappa shape index (κ2) is 8.71. The van der Waals surface area contributed by atoms with Crippen LogP contribution in [0, 0.1) is 0 Å². The number of carbonyl (C=O) groups is 2. The molecule has 1 heterocycles. The lowest BCUT2D eigenvalue weighted by molar-refractivity contribution is 0.0943. The maximum absolute atomic E-state index is 12.8. The number of hydrogen-bond acceptors (Lipinski definition) is 3. The number of anilines is 1. The highest BCUT2D eigenvalue weighted by Crippen LogP contribution is 2.28. The largest absolute Gasteiger partial charge is 0.351 e. The Balaban J connectivity index is 1.82. The molecule has 1 aromatic heterocycles. The molecule has 0 saturated heterocycles. The van der Waals surface area contributed by atoms with Gasteiger partial charge in [-0.05, 0) is 52.8 Å². The normalized spacial score (nSPS) is 11.8. The van der Waals surface area contributed by atoms with Crippen molar-refractivity contribution < 1.29 is 9.59 Å². The van der Waals surface area contributed by atoms with Crippen molar-refractivity contribution in [2.24, 2.45) is 5.73 Å². The predicted molar refractivity (Wildman–Crippen MR) is 114 cm³/mol. The van der Waals surface area contributed by atoms with E-state index in [1.54, 1.807) is 35.6 Å². The molecule has 5 nitrogen and oxygen atoms in total. The molecule has 4 N–H and O–H groups in total. The third-order valence-corrected chi connectivity index (χ3v) is 5.39. The van der Waals surface area contributed by atoms with Crippen LogP contribution < -0.4 is 16.4 Å². The lowest BCUT2D eigenvalue weighted by atomic mass is 9.98. The Labute approximate surface area is 168 Å². The van der Waals surface area contributed by atoms with Gasteiger partial charge in [-0.2, -0.15) is 0 Å². The molecule has 0 radical (unpaired) electrons. The topological polar surface area (TPSA) is 84.2 Å². The van der Waals surface area contributed by atoms with Crippen LogP contribution in [0.15, 0.2) is 66.0 Å². The summed E-state index contributed by atoms with van der Waals surface area (Å²) in [6.45, 7) is 4.31. The maximum Gasteiger partial charge on any atom is 0.316 e. The van der Waals surface area contributed by atoms with E-state index >= 15 is 0 Å². The van der Waals surface area contributed by atoms with Crippen molar-refractivity contribution in [1.82, 2.24) is 5.32 Å². The van der Waals surface area contributed by atoms with Crippen LogP contribution >= 0.6 is 11.3 Å². The van der Waals surface area contributed by atoms with Crippen molar-refractivity contribution in [1.29, 1.82) is 0 Å². The fourth-order valence-electron chi connectivity index (χ4n) is 2.91. The first kappa shape index (κ1) is 19.6. The molecule has 6 heteroatoms. The molecule has 1 unspecified atom stereocenters. The smallest absolute Gasteiger partial charge is 0.316 e. The number of amides is 3. The summed E-state index contributed by atoms with van der Waals surface area (Å²) >= 11 is 1.61. The number of urea groups is 1. The number of nitrogens with two attached hydrogens (primary N) is 1. The van der Waals surface area contributed by atoms with Crippen LogP contribution in [-0.4, -0.2) is 11.9 Å². The van der Waals surface area contributed by atoms with Gasteiger partial charge < -0.3 is 16.4 Å². The van der Waals surface area contributed by atoms with E-state index in [9.17, 15) is 9.59 Å². The highest BCUT2D eigenvalue weighted by Gasteiger charge is 2.19. The minimum atomic E-state index is -0.639. The van der Waals surface area contributed by atoms with E-state index in [1.165, 1.54) is 5.56 Å². The fraction of sp³-hybridized carbons (Fsp3) is 0.182. The second-order valence-corrected chi connectivity index (χ2v) is 7.79. The molecule has 28 heavy (non-hydrogen) atoms. The number of nitrogens with one attached hydrogen (secondary N) is 2. The summed E-state index contributed by atoms with van der Waals surface area (Å²) in [5.74, 6) is 0.272. The van der Waals surface area contributed by atoms with Crippen molar-refractivity contribution in [3.8, 4) is 0 Å². The second-order valence-electron chi connectivity index (χ2n) is 6.81. The first-order valence-corrected chi connectivity index (χ1v) is 9.92. The van der Waals surface area contributed by atoms with Gasteiger partial charge in [0.2, 0.25) is 0 Å². The van der Waals surface area contributed by atoms with Crippen LogP contribution in [0.2, 0.25) is 0 Å². The van der Waals surface area contributed by atoms with Crippen LogP contribution in [0.1, 0.15) is 52.2 Å². The molecular weight excluding hydrogens is 370 g/mol. The molecule has 0 bridgehead atoms. The van der Waals surface area contributed by atoms with Gasteiger partial charge in [-0.3, -0.25) is 4.79 Å². The van der Waals surface area contributed by atoms with Gasteiger partial charge in [0.1, 0.15) is 0 Å². The molecule has 0 fully saturated rings. The molecule has 0 aliphatic rings. The molecule has 3 rings (SSSR count). The van der Waals surface area contributed by atoms with E-state index in [0.717, 1.165) is 10.4 Å². The number of carbonyl (C=O) groups excluding carboxylic acids is 2. The third-order valence-electron chi connectivity index (χ3n) is 4.45. The molecule has 0 aliphatic heterocycles. The number of hydrogen-bond donors (Lipinski definition) is 3. The Hall–Kier alpha value is -3.12. The van der Waals surface area contributed by atoms with E-state index in [1.807, 2.05) is 17.5 Å². The first-order valence-electron chi connectivity index (χ1n) is 9.04. The summed E-state index contributed by atoms with van der Waals surface area (Å²) in [4.78, 5) is 24.8. The molecule has 1 atom stereocenters. The van der Waals surface area contributed by atoms with E-state index in [0.29, 0.717) is 17.2 Å². The molecule has 0 spiro atoms. The minimum absolute atomic E-state index is 0.183. The molecule has 2 aromatic carbocycles. The maximum atomic E-state index is 12.8. The van der Waals surface area contributed by atoms with Crippen molar-refractivity contribution in [2.75, 3.05) is 5.32 Å². The van der Waals surface area contributed by atoms with E-state index in [4.69, 9.17) is 5.73 Å². The summed E-state index contributed by atoms with van der Waals surface area (Å²) in [6, 6.07) is 18.1. The standard InChI is InChI=1S/C22H23N3O2S/c1-14(2)15-5-7-16(8-6-15)20(19-4-3-13-28-19)25-21(26)17-9-11-18(12-10-17)24-22(23)27/h3-14,20H,1-2H3,(H,25,26)(H3,23,24,27). The summed E-state index contributed by atoms with van der Waals surface area (Å²) in [6.07, 6.45) is 0. The van der Waals surface area contributed by atoms with Gasteiger partial charge in [0, 0.05) is 16.1 Å². The van der Waals surface area contributed by atoms with Crippen molar-refractivity contribution in [2.45, 2.75) is 25.8 Å². The van der Waals surface area contributed by atoms with Gasteiger partial charge in [-0.1, -0.05) is 44.2 Å². The Bertz CT molecular complexity index is 933. The quantitative estimate of drug-likeness (QED) is 0.557. The fourth-order valence-corrected chi connectivity index (χ4v) is 3.71. The number of benzene rings is 2. The Kier molecular flexibility index (Phi) is 6.11. The summed E-state index contributed by atoms with van der Waals surface area (Å²) in [7, 11) is 0. The lowest BCUT2D eigenvalue weighted by Gasteiger charge is -2.19. The number of thiophene rings is 1. The van der Waals surface area contributed by atoms with Crippen LogP contribution in [0.25, 0.3) is 0 Å². The Morgan fingerprint density at radius 1 is 0.929 bits per heavy atom. The van der Waals surface area contributed by atoms with Gasteiger partial charge in [0.25, 0.3) is 5.91 Å². The molecule has 3 aromatic rings. The highest BCUT2D eigenvalue weighted by molar-refractivity contribution is 7.10. The van der Waals surface area contributed by atoms with E-state index in [-0.39, 0.29) is 11.9 Å². The van der Waals surface area contributed by atoms with E-state index < -0.39 is 6.03 Å². The summed E-state index contributed by atoms with van der Waals surface area (Å²) < 4.78 is 0. The van der Waals surface area contributed by atoms with Gasteiger partial charge >= 0.3 is 6.03 Å². The SMILES string of the molecule is CC(C)c1ccc(C(NC(=O)c2ccc(NC(N)=O)cc2)c2cccs2)cc1. The molecular formula is C22H23N3O2S. The molecule has 3 amide bonds. The molecule has 0 aliphatic carbocycles. The zero-order chi connectivity index (χ0) is 20.1. The van der Waals surface area contributed by atoms with Crippen LogP contribution in [0.3, 0.4) is 0 Å². The van der Waals surface area contributed by atoms with E-state index in [2.05, 4.69) is 48.7 Å². The number of primary amides is 1. The molecule has 144 valence electrons. The van der Waals surface area contributed by atoms with Crippen molar-refractivity contribution in [3.05, 3.63) is 87.6 Å². The Morgan fingerprint density at radius 2 is 1.57 bits per heavy atom. The van der Waals surface area contributed by atoms with Crippen LogP contribution in [-0.2, 0) is 0 Å². The van der Waals surface area contributed by atoms with Crippen LogP contribution in [0.5, 0.6) is 0 Å². The number of rotatable bonds is 6. The van der Waals surface area contributed by atoms with Gasteiger partial charge in [-0.25, -0.2) is 4.79 Å². The van der Waals surface area contributed by atoms with Gasteiger partial charge in [0.05, 0.1) is 6.04 Å². The third kappa shape index (κ3) is 4.78. The summed E-state index contributed by atoms with van der Waals surface area (Å²) in [5.41, 5.74) is 8.46. The Morgan fingerprint density at radius 3 is 2.11 bits per heavy atom. The lowest BCUT2D eigenvalue weighted by Crippen LogP contribution is -2.28. The predicted octanol–water partition coefficient (Wildman–Crippen LogP) is 4.88. The first-order chi connectivity index (χ1) is 13.4. The van der Waals surface area contributed by atoms with Crippen LogP contribution in [0.4, 0.5) is 10.5 Å². The van der Waals surface area contributed by atoms with Crippen molar-refractivity contribution >= 4 is 29.0 Å².